The van der Waals surface area contributed by atoms with Crippen LogP contribution in [0.2, 0.25) is 5.02 Å². The molecule has 0 aliphatic heterocycles. The van der Waals surface area contributed by atoms with Crippen molar-refractivity contribution in [3.63, 3.8) is 0 Å². The SMILES string of the molecule is CN(C)/C=C/C(=O)c1c(-c2ccc(F)cc2Cl)nc2occn12. The highest BCUT2D eigenvalue weighted by molar-refractivity contribution is 6.33. The number of fused-ring (bicyclic) bond motifs is 1. The molecule has 0 aliphatic rings. The van der Waals surface area contributed by atoms with Crippen LogP contribution in [0, 0.1) is 5.82 Å². The van der Waals surface area contributed by atoms with Crippen LogP contribution in [-0.4, -0.2) is 34.2 Å². The van der Waals surface area contributed by atoms with Crippen molar-refractivity contribution in [2.24, 2.45) is 0 Å². The first-order valence-corrected chi connectivity index (χ1v) is 7.15. The molecule has 0 unspecified atom stereocenters. The molecule has 3 rings (SSSR count). The van der Waals surface area contributed by atoms with Gasteiger partial charge in [0.1, 0.15) is 23.5 Å². The summed E-state index contributed by atoms with van der Waals surface area (Å²) in [6.07, 6.45) is 6.10. The van der Waals surface area contributed by atoms with Gasteiger partial charge in [-0.3, -0.25) is 9.20 Å². The van der Waals surface area contributed by atoms with Crippen molar-refractivity contribution in [3.8, 4) is 11.3 Å². The Morgan fingerprint density at radius 3 is 2.91 bits per heavy atom. The molecule has 2 heterocycles. The van der Waals surface area contributed by atoms with E-state index < -0.39 is 5.82 Å². The van der Waals surface area contributed by atoms with Gasteiger partial charge in [-0.2, -0.15) is 4.98 Å². The Morgan fingerprint density at radius 2 is 2.22 bits per heavy atom. The summed E-state index contributed by atoms with van der Waals surface area (Å²) in [4.78, 5) is 18.6. The van der Waals surface area contributed by atoms with E-state index in [2.05, 4.69) is 4.98 Å². The molecule has 0 spiro atoms. The average molecular weight is 334 g/mol. The van der Waals surface area contributed by atoms with E-state index >= 15 is 0 Å². The normalized spacial score (nSPS) is 11.5. The summed E-state index contributed by atoms with van der Waals surface area (Å²) in [6, 6.07) is 3.94. The molecule has 0 saturated heterocycles. The number of benzene rings is 1. The zero-order valence-electron chi connectivity index (χ0n) is 12.5. The summed E-state index contributed by atoms with van der Waals surface area (Å²) in [5.74, 6) is -0.452. The van der Waals surface area contributed by atoms with Crippen LogP contribution in [0.1, 0.15) is 10.5 Å². The summed E-state index contributed by atoms with van der Waals surface area (Å²) >= 11 is 6.11. The summed E-state index contributed by atoms with van der Waals surface area (Å²) < 4.78 is 20.1. The van der Waals surface area contributed by atoms with Gasteiger partial charge in [0, 0.05) is 38.1 Å². The third-order valence-electron chi connectivity index (χ3n) is 3.21. The lowest BCUT2D eigenvalue weighted by Gasteiger charge is -2.05. The maximum absolute atomic E-state index is 13.3. The minimum absolute atomic E-state index is 0.177. The van der Waals surface area contributed by atoms with Gasteiger partial charge < -0.3 is 9.32 Å². The Morgan fingerprint density at radius 1 is 1.43 bits per heavy atom. The molecule has 2 aromatic heterocycles. The van der Waals surface area contributed by atoms with Crippen molar-refractivity contribution in [3.05, 3.63) is 59.5 Å². The van der Waals surface area contributed by atoms with Gasteiger partial charge in [0.2, 0.25) is 5.78 Å². The Labute approximate surface area is 136 Å². The lowest BCUT2D eigenvalue weighted by atomic mass is 10.1. The van der Waals surface area contributed by atoms with Crippen molar-refractivity contribution >= 4 is 23.2 Å². The number of ketones is 1. The zero-order chi connectivity index (χ0) is 16.6. The minimum atomic E-state index is -0.456. The number of oxazole rings is 1. The smallest absolute Gasteiger partial charge is 0.306 e. The standard InChI is InChI=1S/C16H13ClFN3O2/c1-20(2)6-5-13(22)15-14(19-16-21(15)7-8-23-16)11-4-3-10(18)9-12(11)17/h3-9H,1-2H3/b6-5+. The van der Waals surface area contributed by atoms with Crippen molar-refractivity contribution in [2.45, 2.75) is 0 Å². The van der Waals surface area contributed by atoms with E-state index in [-0.39, 0.29) is 16.6 Å². The Bertz CT molecular complexity index is 911. The molecule has 23 heavy (non-hydrogen) atoms. The van der Waals surface area contributed by atoms with Gasteiger partial charge >= 0.3 is 5.84 Å². The van der Waals surface area contributed by atoms with E-state index in [0.717, 1.165) is 0 Å². The van der Waals surface area contributed by atoms with E-state index in [1.54, 1.807) is 17.3 Å². The van der Waals surface area contributed by atoms with Crippen LogP contribution in [0.5, 0.6) is 0 Å². The maximum atomic E-state index is 13.3. The quantitative estimate of drug-likeness (QED) is 0.540. The summed E-state index contributed by atoms with van der Waals surface area (Å²) in [6.45, 7) is 0. The minimum Gasteiger partial charge on any atom is -0.432 e. The predicted octanol–water partition coefficient (Wildman–Crippen LogP) is 3.64. The highest BCUT2D eigenvalue weighted by atomic mass is 35.5. The van der Waals surface area contributed by atoms with E-state index in [0.29, 0.717) is 17.0 Å². The largest absolute Gasteiger partial charge is 0.432 e. The van der Waals surface area contributed by atoms with Crippen LogP contribution in [0.3, 0.4) is 0 Å². The third kappa shape index (κ3) is 2.85. The van der Waals surface area contributed by atoms with Crippen molar-refractivity contribution in [2.75, 3.05) is 14.1 Å². The van der Waals surface area contributed by atoms with Crippen LogP contribution in [-0.2, 0) is 0 Å². The van der Waals surface area contributed by atoms with Crippen molar-refractivity contribution < 1.29 is 13.6 Å². The second kappa shape index (κ2) is 5.89. The van der Waals surface area contributed by atoms with Crippen LogP contribution in [0.25, 0.3) is 17.1 Å². The number of aromatic nitrogens is 2. The number of halogens is 2. The van der Waals surface area contributed by atoms with Gasteiger partial charge in [-0.1, -0.05) is 11.6 Å². The van der Waals surface area contributed by atoms with Gasteiger partial charge in [-0.15, -0.1) is 0 Å². The lowest BCUT2D eigenvalue weighted by Crippen LogP contribution is -2.05. The number of hydrogen-bond acceptors (Lipinski definition) is 4. The Hall–Kier alpha value is -2.60. The highest BCUT2D eigenvalue weighted by Gasteiger charge is 2.22. The van der Waals surface area contributed by atoms with Gasteiger partial charge in [0.15, 0.2) is 0 Å². The van der Waals surface area contributed by atoms with E-state index in [1.807, 2.05) is 14.1 Å². The van der Waals surface area contributed by atoms with Crippen LogP contribution < -0.4 is 0 Å². The molecule has 0 amide bonds. The molecule has 0 N–H and O–H groups in total. The predicted molar refractivity (Wildman–Crippen MR) is 85.0 cm³/mol. The van der Waals surface area contributed by atoms with Crippen LogP contribution >= 0.6 is 11.6 Å². The molecule has 118 valence electrons. The number of allylic oxidation sites excluding steroid dienone is 1. The van der Waals surface area contributed by atoms with Crippen molar-refractivity contribution in [1.82, 2.24) is 14.3 Å². The number of nitrogens with zero attached hydrogens (tertiary/aromatic N) is 3. The summed E-state index contributed by atoms with van der Waals surface area (Å²) in [7, 11) is 3.62. The average Bonchev–Trinajstić information content (AvgIpc) is 3.05. The Balaban J connectivity index is 2.19. The third-order valence-corrected chi connectivity index (χ3v) is 3.52. The van der Waals surface area contributed by atoms with Crippen LogP contribution in [0.4, 0.5) is 4.39 Å². The zero-order valence-corrected chi connectivity index (χ0v) is 13.2. The second-order valence-corrected chi connectivity index (χ2v) is 5.54. The fourth-order valence-electron chi connectivity index (χ4n) is 2.19. The van der Waals surface area contributed by atoms with E-state index in [1.165, 1.54) is 34.9 Å². The molecule has 1 aromatic carbocycles. The number of carbonyl (C=O) groups is 1. The van der Waals surface area contributed by atoms with Gasteiger partial charge in [-0.05, 0) is 18.2 Å². The van der Waals surface area contributed by atoms with Crippen LogP contribution in [0.15, 0.2) is 47.4 Å². The molecule has 3 aromatic rings. The molecule has 0 atom stereocenters. The molecule has 0 fully saturated rings. The van der Waals surface area contributed by atoms with Gasteiger partial charge in [0.05, 0.1) is 5.02 Å². The monoisotopic (exact) mass is 333 g/mol. The first-order chi connectivity index (χ1) is 11.0. The molecule has 0 saturated carbocycles. The number of carbonyl (C=O) groups excluding carboxylic acids is 1. The highest BCUT2D eigenvalue weighted by Crippen LogP contribution is 2.31. The summed E-state index contributed by atoms with van der Waals surface area (Å²) in [5.41, 5.74) is 1.12. The van der Waals surface area contributed by atoms with E-state index in [9.17, 15) is 9.18 Å². The van der Waals surface area contributed by atoms with Gasteiger partial charge in [0.25, 0.3) is 0 Å². The second-order valence-electron chi connectivity index (χ2n) is 5.13. The van der Waals surface area contributed by atoms with Crippen molar-refractivity contribution in [1.29, 1.82) is 0 Å². The maximum Gasteiger partial charge on any atom is 0.306 e. The number of hydrogen-bond donors (Lipinski definition) is 0. The first-order valence-electron chi connectivity index (χ1n) is 6.77. The fourth-order valence-corrected chi connectivity index (χ4v) is 2.44. The lowest BCUT2D eigenvalue weighted by molar-refractivity contribution is 0.104. The molecule has 0 bridgehead atoms. The fraction of sp³-hybridized carbons (Fsp3) is 0.125. The van der Waals surface area contributed by atoms with E-state index in [4.69, 9.17) is 16.0 Å². The number of imidazole rings is 1. The molecule has 5 nitrogen and oxygen atoms in total. The molecule has 0 aliphatic carbocycles. The molecule has 7 heteroatoms. The molecular formula is C16H13ClFN3O2. The van der Waals surface area contributed by atoms with Gasteiger partial charge in [-0.25, -0.2) is 4.39 Å². The molecule has 0 radical (unpaired) electrons. The number of rotatable bonds is 4. The summed E-state index contributed by atoms with van der Waals surface area (Å²) in [5, 5.41) is 0.177. The topological polar surface area (TPSA) is 50.8 Å². The molecular weight excluding hydrogens is 321 g/mol. The Kier molecular flexibility index (Phi) is 3.92. The first kappa shape index (κ1) is 15.3.